The molecule has 1 aliphatic carbocycles. The second-order valence-electron chi connectivity index (χ2n) is 8.27. The van der Waals surface area contributed by atoms with Crippen LogP contribution in [0, 0.1) is 11.8 Å². The van der Waals surface area contributed by atoms with Crippen molar-refractivity contribution < 1.29 is 13.2 Å². The minimum atomic E-state index is -2.84. The third-order valence-corrected chi connectivity index (χ3v) is 7.93. The van der Waals surface area contributed by atoms with Gasteiger partial charge in [-0.25, -0.2) is 8.42 Å². The number of rotatable bonds is 5. The van der Waals surface area contributed by atoms with E-state index in [-0.39, 0.29) is 5.92 Å². The number of ether oxygens (including phenoxy) is 1. The molecule has 2 aliphatic heterocycles. The Bertz CT molecular complexity index is 573. The molecule has 150 valence electrons. The van der Waals surface area contributed by atoms with E-state index in [1.54, 1.807) is 0 Å². The highest BCUT2D eigenvalue weighted by molar-refractivity contribution is 7.91. The van der Waals surface area contributed by atoms with Crippen molar-refractivity contribution in [3.63, 3.8) is 0 Å². The molecule has 2 N–H and O–H groups in total. The normalized spacial score (nSPS) is 33.1. The van der Waals surface area contributed by atoms with E-state index in [4.69, 9.17) is 9.73 Å². The van der Waals surface area contributed by atoms with Crippen molar-refractivity contribution in [2.75, 3.05) is 31.3 Å². The zero-order valence-electron chi connectivity index (χ0n) is 16.1. The van der Waals surface area contributed by atoms with Crippen LogP contribution in [0.1, 0.15) is 58.3 Å². The zero-order chi connectivity index (χ0) is 18.4. The molecule has 3 fully saturated rings. The van der Waals surface area contributed by atoms with Crippen LogP contribution in [0.25, 0.3) is 0 Å². The molecule has 0 aromatic carbocycles. The van der Waals surface area contributed by atoms with E-state index in [1.807, 2.05) is 0 Å². The summed E-state index contributed by atoms with van der Waals surface area (Å²) in [6.45, 7) is 4.48. The molecule has 0 radical (unpaired) electrons. The van der Waals surface area contributed by atoms with Crippen LogP contribution >= 0.6 is 0 Å². The van der Waals surface area contributed by atoms with Gasteiger partial charge in [0.2, 0.25) is 0 Å². The molecule has 26 heavy (non-hydrogen) atoms. The number of aliphatic imine (C=N–C) groups is 1. The van der Waals surface area contributed by atoms with Crippen LogP contribution in [0.5, 0.6) is 0 Å². The highest BCUT2D eigenvalue weighted by Crippen LogP contribution is 2.26. The third-order valence-electron chi connectivity index (χ3n) is 6.10. The molecule has 2 saturated heterocycles. The molecule has 3 aliphatic rings. The van der Waals surface area contributed by atoms with Crippen molar-refractivity contribution in [1.29, 1.82) is 0 Å². The van der Waals surface area contributed by atoms with Crippen molar-refractivity contribution in [3.8, 4) is 0 Å². The van der Waals surface area contributed by atoms with E-state index in [0.717, 1.165) is 44.4 Å². The smallest absolute Gasteiger partial charge is 0.191 e. The van der Waals surface area contributed by atoms with Gasteiger partial charge in [0, 0.05) is 31.8 Å². The summed E-state index contributed by atoms with van der Waals surface area (Å²) in [5.74, 6) is 2.48. The highest BCUT2D eigenvalue weighted by Gasteiger charge is 2.28. The largest absolute Gasteiger partial charge is 0.381 e. The SMILES string of the molecule is CCC1CCCC(NC(=NCC2CCS(=O)(=O)C2)NC2CCOCC2)C1. The van der Waals surface area contributed by atoms with E-state index in [2.05, 4.69) is 17.6 Å². The van der Waals surface area contributed by atoms with Crippen molar-refractivity contribution in [1.82, 2.24) is 10.6 Å². The summed E-state index contributed by atoms with van der Waals surface area (Å²) in [7, 11) is -2.84. The summed E-state index contributed by atoms with van der Waals surface area (Å²) in [5.41, 5.74) is 0. The van der Waals surface area contributed by atoms with E-state index in [0.29, 0.717) is 30.1 Å². The first-order valence-electron chi connectivity index (χ1n) is 10.4. The predicted octanol–water partition coefficient (Wildman–Crippen LogP) is 2.10. The van der Waals surface area contributed by atoms with Crippen LogP contribution in [0.15, 0.2) is 4.99 Å². The number of hydrogen-bond donors (Lipinski definition) is 2. The lowest BCUT2D eigenvalue weighted by Crippen LogP contribution is -2.50. The maximum atomic E-state index is 11.7. The van der Waals surface area contributed by atoms with Gasteiger partial charge in [0.05, 0.1) is 11.5 Å². The van der Waals surface area contributed by atoms with Gasteiger partial charge in [-0.05, 0) is 43.9 Å². The van der Waals surface area contributed by atoms with Crippen LogP contribution in [0.3, 0.4) is 0 Å². The average molecular weight is 386 g/mol. The zero-order valence-corrected chi connectivity index (χ0v) is 16.9. The molecule has 3 unspecified atom stereocenters. The van der Waals surface area contributed by atoms with Crippen LogP contribution < -0.4 is 10.6 Å². The van der Waals surface area contributed by atoms with Crippen LogP contribution in [0.4, 0.5) is 0 Å². The molecule has 0 amide bonds. The Balaban J connectivity index is 1.59. The number of guanidine groups is 1. The maximum Gasteiger partial charge on any atom is 0.191 e. The fourth-order valence-electron chi connectivity index (χ4n) is 4.39. The van der Waals surface area contributed by atoms with Crippen LogP contribution in [-0.2, 0) is 14.6 Å². The van der Waals surface area contributed by atoms with Gasteiger partial charge in [0.15, 0.2) is 15.8 Å². The highest BCUT2D eigenvalue weighted by atomic mass is 32.2. The molecule has 1 saturated carbocycles. The Kier molecular flexibility index (Phi) is 7.20. The molecular formula is C19H35N3O3S. The number of nitrogens with one attached hydrogen (secondary N) is 2. The molecule has 6 nitrogen and oxygen atoms in total. The first-order valence-corrected chi connectivity index (χ1v) is 12.2. The summed E-state index contributed by atoms with van der Waals surface area (Å²) in [5, 5.41) is 7.25. The Morgan fingerprint density at radius 3 is 2.50 bits per heavy atom. The minimum Gasteiger partial charge on any atom is -0.381 e. The Labute approximate surface area is 158 Å². The monoisotopic (exact) mass is 385 g/mol. The van der Waals surface area contributed by atoms with Crippen molar-refractivity contribution in [3.05, 3.63) is 0 Å². The predicted molar refractivity (Wildman–Crippen MR) is 105 cm³/mol. The fraction of sp³-hybridized carbons (Fsp3) is 0.947. The summed E-state index contributed by atoms with van der Waals surface area (Å²) in [6, 6.07) is 0.875. The van der Waals surface area contributed by atoms with E-state index in [1.165, 1.54) is 32.1 Å². The first-order chi connectivity index (χ1) is 12.5. The number of nitrogens with zero attached hydrogens (tertiary/aromatic N) is 1. The summed E-state index contributed by atoms with van der Waals surface area (Å²) in [6.07, 6.45) is 9.03. The number of sulfone groups is 1. The molecule has 3 rings (SSSR count). The summed E-state index contributed by atoms with van der Waals surface area (Å²) in [4.78, 5) is 4.80. The second kappa shape index (κ2) is 9.40. The number of hydrogen-bond acceptors (Lipinski definition) is 4. The van der Waals surface area contributed by atoms with Crippen molar-refractivity contribution >= 4 is 15.8 Å². The van der Waals surface area contributed by atoms with Gasteiger partial charge >= 0.3 is 0 Å². The van der Waals surface area contributed by atoms with Gasteiger partial charge in [0.1, 0.15) is 0 Å². The lowest BCUT2D eigenvalue weighted by molar-refractivity contribution is 0.0821. The second-order valence-corrected chi connectivity index (χ2v) is 10.5. The minimum absolute atomic E-state index is 0.169. The lowest BCUT2D eigenvalue weighted by Gasteiger charge is -2.32. The van der Waals surface area contributed by atoms with Crippen molar-refractivity contribution in [2.24, 2.45) is 16.8 Å². The van der Waals surface area contributed by atoms with Gasteiger partial charge in [-0.2, -0.15) is 0 Å². The van der Waals surface area contributed by atoms with Crippen molar-refractivity contribution in [2.45, 2.75) is 70.4 Å². The van der Waals surface area contributed by atoms with E-state index in [9.17, 15) is 8.42 Å². The first kappa shape index (κ1) is 19.9. The fourth-order valence-corrected chi connectivity index (χ4v) is 6.24. The third kappa shape index (κ3) is 6.12. The van der Waals surface area contributed by atoms with Crippen LogP contribution in [0.2, 0.25) is 0 Å². The van der Waals surface area contributed by atoms with Crippen LogP contribution in [-0.4, -0.2) is 57.7 Å². The molecule has 2 heterocycles. The average Bonchev–Trinajstić information content (AvgIpc) is 3.00. The van der Waals surface area contributed by atoms with Gasteiger partial charge in [-0.1, -0.05) is 26.2 Å². The Morgan fingerprint density at radius 2 is 1.81 bits per heavy atom. The molecule has 3 atom stereocenters. The Hall–Kier alpha value is -0.820. The van der Waals surface area contributed by atoms with E-state index < -0.39 is 9.84 Å². The summed E-state index contributed by atoms with van der Waals surface area (Å²) < 4.78 is 28.8. The molecule has 0 aromatic heterocycles. The standard InChI is InChI=1S/C19H35N3O3S/c1-2-15-4-3-5-18(12-15)22-19(21-17-6-9-25-10-7-17)20-13-16-8-11-26(23,24)14-16/h15-18H,2-14H2,1H3,(H2,20,21,22). The summed E-state index contributed by atoms with van der Waals surface area (Å²) >= 11 is 0. The molecular weight excluding hydrogens is 350 g/mol. The van der Waals surface area contributed by atoms with Gasteiger partial charge in [-0.15, -0.1) is 0 Å². The van der Waals surface area contributed by atoms with Gasteiger partial charge in [-0.3, -0.25) is 4.99 Å². The molecule has 0 spiro atoms. The van der Waals surface area contributed by atoms with Gasteiger partial charge in [0.25, 0.3) is 0 Å². The topological polar surface area (TPSA) is 79.8 Å². The quantitative estimate of drug-likeness (QED) is 0.560. The van der Waals surface area contributed by atoms with E-state index >= 15 is 0 Å². The molecule has 0 aromatic rings. The lowest BCUT2D eigenvalue weighted by atomic mass is 9.84. The maximum absolute atomic E-state index is 11.7. The molecule has 7 heteroatoms. The Morgan fingerprint density at radius 1 is 1.04 bits per heavy atom. The van der Waals surface area contributed by atoms with Gasteiger partial charge < -0.3 is 15.4 Å². The molecule has 0 bridgehead atoms.